The third-order valence-electron chi connectivity index (χ3n) is 1.69. The van der Waals surface area contributed by atoms with Crippen LogP contribution in [0.5, 0.6) is 0 Å². The minimum Gasteiger partial charge on any atom is -0.245 e. The standard InChI is InChI=1S/C9H6F2N2S/c10-9(11)7-3-1-2-6(13-7)8-4-14-5-12-8/h1-5,9H. The van der Waals surface area contributed by atoms with Crippen molar-refractivity contribution < 1.29 is 8.78 Å². The summed E-state index contributed by atoms with van der Waals surface area (Å²) in [4.78, 5) is 7.81. The molecule has 0 unspecified atom stereocenters. The van der Waals surface area contributed by atoms with E-state index in [4.69, 9.17) is 0 Å². The molecule has 2 rings (SSSR count). The van der Waals surface area contributed by atoms with Gasteiger partial charge in [-0.1, -0.05) is 6.07 Å². The van der Waals surface area contributed by atoms with Gasteiger partial charge in [0.2, 0.25) is 0 Å². The lowest BCUT2D eigenvalue weighted by Gasteiger charge is -2.00. The third-order valence-corrected chi connectivity index (χ3v) is 2.28. The number of pyridine rings is 1. The average Bonchev–Trinajstić information content (AvgIpc) is 2.71. The van der Waals surface area contributed by atoms with E-state index in [1.807, 2.05) is 0 Å². The van der Waals surface area contributed by atoms with Crippen LogP contribution in [0.4, 0.5) is 8.78 Å². The molecule has 0 bridgehead atoms. The lowest BCUT2D eigenvalue weighted by molar-refractivity contribution is 0.146. The summed E-state index contributed by atoms with van der Waals surface area (Å²) in [6.07, 6.45) is -2.53. The first-order valence-corrected chi connectivity index (χ1v) is 4.85. The second kappa shape index (κ2) is 3.79. The Morgan fingerprint density at radius 3 is 2.71 bits per heavy atom. The van der Waals surface area contributed by atoms with Crippen LogP contribution in [-0.2, 0) is 0 Å². The van der Waals surface area contributed by atoms with Crippen LogP contribution in [0.25, 0.3) is 11.4 Å². The largest absolute Gasteiger partial charge is 0.280 e. The summed E-state index contributed by atoms with van der Waals surface area (Å²) in [5, 5.41) is 1.78. The number of halogens is 2. The van der Waals surface area contributed by atoms with E-state index in [1.165, 1.54) is 17.4 Å². The van der Waals surface area contributed by atoms with Gasteiger partial charge in [-0.25, -0.2) is 18.7 Å². The van der Waals surface area contributed by atoms with E-state index in [9.17, 15) is 8.78 Å². The molecule has 0 radical (unpaired) electrons. The van der Waals surface area contributed by atoms with Gasteiger partial charge in [0.05, 0.1) is 16.9 Å². The molecule has 14 heavy (non-hydrogen) atoms. The molecule has 5 heteroatoms. The van der Waals surface area contributed by atoms with Crippen LogP contribution in [0.3, 0.4) is 0 Å². The van der Waals surface area contributed by atoms with Gasteiger partial charge in [-0.15, -0.1) is 11.3 Å². The first kappa shape index (κ1) is 9.21. The summed E-state index contributed by atoms with van der Waals surface area (Å²) in [5.41, 5.74) is 2.56. The molecule has 2 heterocycles. The molecular weight excluding hydrogens is 206 g/mol. The zero-order chi connectivity index (χ0) is 9.97. The van der Waals surface area contributed by atoms with Crippen LogP contribution in [0.2, 0.25) is 0 Å². The highest BCUT2D eigenvalue weighted by Gasteiger charge is 2.10. The number of hydrogen-bond acceptors (Lipinski definition) is 3. The second-order valence-electron chi connectivity index (χ2n) is 2.62. The van der Waals surface area contributed by atoms with Gasteiger partial charge in [0, 0.05) is 5.38 Å². The zero-order valence-corrected chi connectivity index (χ0v) is 7.84. The molecule has 0 saturated heterocycles. The Hall–Kier alpha value is -1.36. The van der Waals surface area contributed by atoms with Crippen molar-refractivity contribution in [2.75, 3.05) is 0 Å². The van der Waals surface area contributed by atoms with E-state index in [1.54, 1.807) is 23.0 Å². The summed E-state index contributed by atoms with van der Waals surface area (Å²) in [7, 11) is 0. The SMILES string of the molecule is FC(F)c1cccc(-c2cscn2)n1. The fourth-order valence-corrected chi connectivity index (χ4v) is 1.60. The van der Waals surface area contributed by atoms with Crippen molar-refractivity contribution in [1.29, 1.82) is 0 Å². The Morgan fingerprint density at radius 2 is 2.07 bits per heavy atom. The quantitative estimate of drug-likeness (QED) is 0.764. The van der Waals surface area contributed by atoms with Gasteiger partial charge in [0.15, 0.2) is 0 Å². The molecule has 0 N–H and O–H groups in total. The van der Waals surface area contributed by atoms with Crippen molar-refractivity contribution >= 4 is 11.3 Å². The van der Waals surface area contributed by atoms with E-state index in [0.29, 0.717) is 11.4 Å². The Morgan fingerprint density at radius 1 is 1.21 bits per heavy atom. The predicted octanol–water partition coefficient (Wildman–Crippen LogP) is 3.14. The summed E-state index contributed by atoms with van der Waals surface area (Å²) < 4.78 is 24.6. The van der Waals surface area contributed by atoms with Crippen LogP contribution in [0.1, 0.15) is 12.1 Å². The van der Waals surface area contributed by atoms with Gasteiger partial charge in [-0.05, 0) is 12.1 Å². The predicted molar refractivity (Wildman–Crippen MR) is 50.3 cm³/mol. The Bertz CT molecular complexity index is 415. The average molecular weight is 212 g/mol. The van der Waals surface area contributed by atoms with E-state index in [0.717, 1.165) is 0 Å². The van der Waals surface area contributed by atoms with E-state index < -0.39 is 6.43 Å². The molecule has 0 amide bonds. The molecule has 2 aromatic rings. The Labute approximate surface area is 83.3 Å². The van der Waals surface area contributed by atoms with Crippen LogP contribution in [-0.4, -0.2) is 9.97 Å². The van der Waals surface area contributed by atoms with Crippen molar-refractivity contribution in [2.45, 2.75) is 6.43 Å². The molecular formula is C9H6F2N2S. The maximum atomic E-state index is 12.3. The highest BCUT2D eigenvalue weighted by Crippen LogP contribution is 2.21. The van der Waals surface area contributed by atoms with Gasteiger partial charge in [0.1, 0.15) is 5.69 Å². The molecule has 0 aliphatic heterocycles. The minimum absolute atomic E-state index is 0.212. The first-order valence-electron chi connectivity index (χ1n) is 3.91. The normalized spacial score (nSPS) is 10.8. The van der Waals surface area contributed by atoms with Crippen LogP contribution in [0.15, 0.2) is 29.1 Å². The monoisotopic (exact) mass is 212 g/mol. The van der Waals surface area contributed by atoms with Crippen molar-refractivity contribution in [3.8, 4) is 11.4 Å². The summed E-state index contributed by atoms with van der Waals surface area (Å²) in [6, 6.07) is 4.53. The van der Waals surface area contributed by atoms with E-state index >= 15 is 0 Å². The second-order valence-corrected chi connectivity index (χ2v) is 3.34. The molecule has 0 spiro atoms. The van der Waals surface area contributed by atoms with Gasteiger partial charge < -0.3 is 0 Å². The van der Waals surface area contributed by atoms with Gasteiger partial charge in [0.25, 0.3) is 6.43 Å². The Kier molecular flexibility index (Phi) is 2.49. The molecule has 0 aromatic carbocycles. The number of aromatic nitrogens is 2. The summed E-state index contributed by atoms with van der Waals surface area (Å²) in [5.74, 6) is 0. The lowest BCUT2D eigenvalue weighted by atomic mass is 10.2. The van der Waals surface area contributed by atoms with Crippen LogP contribution < -0.4 is 0 Å². The molecule has 2 aromatic heterocycles. The fourth-order valence-electron chi connectivity index (χ4n) is 1.05. The maximum absolute atomic E-state index is 12.3. The molecule has 0 atom stereocenters. The van der Waals surface area contributed by atoms with Gasteiger partial charge >= 0.3 is 0 Å². The lowest BCUT2D eigenvalue weighted by Crippen LogP contribution is -1.91. The van der Waals surface area contributed by atoms with Gasteiger partial charge in [-0.2, -0.15) is 0 Å². The molecule has 0 saturated carbocycles. The van der Waals surface area contributed by atoms with Crippen molar-refractivity contribution in [3.05, 3.63) is 34.8 Å². The fraction of sp³-hybridized carbons (Fsp3) is 0.111. The van der Waals surface area contributed by atoms with Gasteiger partial charge in [-0.3, -0.25) is 0 Å². The molecule has 72 valence electrons. The summed E-state index contributed by atoms with van der Waals surface area (Å²) >= 11 is 1.41. The number of hydrogen-bond donors (Lipinski definition) is 0. The van der Waals surface area contributed by atoms with Crippen molar-refractivity contribution in [2.24, 2.45) is 0 Å². The number of alkyl halides is 2. The smallest absolute Gasteiger partial charge is 0.245 e. The van der Waals surface area contributed by atoms with Crippen LogP contribution >= 0.6 is 11.3 Å². The summed E-state index contributed by atoms with van der Waals surface area (Å²) in [6.45, 7) is 0. The minimum atomic E-state index is -2.53. The molecule has 0 aliphatic rings. The highest BCUT2D eigenvalue weighted by atomic mass is 32.1. The number of rotatable bonds is 2. The zero-order valence-electron chi connectivity index (χ0n) is 7.02. The van der Waals surface area contributed by atoms with Crippen molar-refractivity contribution in [3.63, 3.8) is 0 Å². The Balaban J connectivity index is 2.41. The van der Waals surface area contributed by atoms with Crippen molar-refractivity contribution in [1.82, 2.24) is 9.97 Å². The van der Waals surface area contributed by atoms with E-state index in [-0.39, 0.29) is 5.69 Å². The molecule has 2 nitrogen and oxygen atoms in total. The van der Waals surface area contributed by atoms with Crippen LogP contribution in [0, 0.1) is 0 Å². The van der Waals surface area contributed by atoms with E-state index in [2.05, 4.69) is 9.97 Å². The number of thiazole rings is 1. The topological polar surface area (TPSA) is 25.8 Å². The number of nitrogens with zero attached hydrogens (tertiary/aromatic N) is 2. The molecule has 0 aliphatic carbocycles. The third kappa shape index (κ3) is 1.77. The molecule has 0 fully saturated rings. The first-order chi connectivity index (χ1) is 6.77. The maximum Gasteiger partial charge on any atom is 0.280 e. The highest BCUT2D eigenvalue weighted by molar-refractivity contribution is 7.07.